The van der Waals surface area contributed by atoms with E-state index in [9.17, 15) is 0 Å². The Bertz CT molecular complexity index is 287. The highest BCUT2D eigenvalue weighted by Crippen LogP contribution is 2.15. The van der Waals surface area contributed by atoms with Gasteiger partial charge >= 0.3 is 0 Å². The Kier molecular flexibility index (Phi) is 5.53. The average Bonchev–Trinajstić information content (AvgIpc) is 2.68. The van der Waals surface area contributed by atoms with E-state index < -0.39 is 0 Å². The number of rotatable bonds is 7. The SMILES string of the molecule is CCC(NC)c1cnn(CCCC(C)C)c1. The minimum atomic E-state index is 0.443. The molecule has 1 heterocycles. The lowest BCUT2D eigenvalue weighted by Gasteiger charge is -2.10. The van der Waals surface area contributed by atoms with Crippen LogP contribution in [0, 0.1) is 5.92 Å². The first-order chi connectivity index (χ1) is 7.67. The molecule has 0 radical (unpaired) electrons. The first-order valence-corrected chi connectivity index (χ1v) is 6.37. The number of hydrogen-bond acceptors (Lipinski definition) is 2. The summed E-state index contributed by atoms with van der Waals surface area (Å²) in [6.45, 7) is 7.76. The molecule has 16 heavy (non-hydrogen) atoms. The van der Waals surface area contributed by atoms with Crippen molar-refractivity contribution in [2.24, 2.45) is 5.92 Å². The van der Waals surface area contributed by atoms with Gasteiger partial charge in [-0.1, -0.05) is 20.8 Å². The number of nitrogens with one attached hydrogen (secondary N) is 1. The zero-order chi connectivity index (χ0) is 12.0. The third-order valence-corrected chi connectivity index (χ3v) is 2.98. The van der Waals surface area contributed by atoms with Crippen LogP contribution in [-0.4, -0.2) is 16.8 Å². The monoisotopic (exact) mass is 223 g/mol. The summed E-state index contributed by atoms with van der Waals surface area (Å²) in [5, 5.41) is 7.71. The fraction of sp³-hybridized carbons (Fsp3) is 0.769. The van der Waals surface area contributed by atoms with Crippen molar-refractivity contribution in [3.63, 3.8) is 0 Å². The van der Waals surface area contributed by atoms with Gasteiger partial charge in [0, 0.05) is 24.3 Å². The molecule has 1 atom stereocenters. The first-order valence-electron chi connectivity index (χ1n) is 6.37. The maximum absolute atomic E-state index is 4.41. The molecule has 0 fully saturated rings. The topological polar surface area (TPSA) is 29.9 Å². The van der Waals surface area contributed by atoms with E-state index in [0.29, 0.717) is 6.04 Å². The van der Waals surface area contributed by atoms with Gasteiger partial charge in [0.25, 0.3) is 0 Å². The third-order valence-electron chi connectivity index (χ3n) is 2.98. The van der Waals surface area contributed by atoms with E-state index in [0.717, 1.165) is 18.9 Å². The molecule has 0 aromatic carbocycles. The molecule has 0 aliphatic heterocycles. The second-order valence-electron chi connectivity index (χ2n) is 4.82. The second kappa shape index (κ2) is 6.69. The number of aryl methyl sites for hydroxylation is 1. The van der Waals surface area contributed by atoms with E-state index in [1.807, 2.05) is 13.2 Å². The predicted molar refractivity (Wildman–Crippen MR) is 68.4 cm³/mol. The molecule has 3 heteroatoms. The zero-order valence-corrected chi connectivity index (χ0v) is 11.0. The van der Waals surface area contributed by atoms with E-state index in [4.69, 9.17) is 0 Å². The first kappa shape index (κ1) is 13.2. The third kappa shape index (κ3) is 3.97. The summed E-state index contributed by atoms with van der Waals surface area (Å²) in [5.41, 5.74) is 1.30. The smallest absolute Gasteiger partial charge is 0.0537 e. The maximum Gasteiger partial charge on any atom is 0.0537 e. The van der Waals surface area contributed by atoms with Gasteiger partial charge in [0.1, 0.15) is 0 Å². The van der Waals surface area contributed by atoms with Crippen molar-refractivity contribution in [2.75, 3.05) is 7.05 Å². The summed E-state index contributed by atoms with van der Waals surface area (Å²) in [7, 11) is 2.00. The molecule has 92 valence electrons. The fourth-order valence-electron chi connectivity index (χ4n) is 1.95. The Morgan fingerprint density at radius 3 is 2.75 bits per heavy atom. The van der Waals surface area contributed by atoms with Gasteiger partial charge in [0.15, 0.2) is 0 Å². The van der Waals surface area contributed by atoms with Crippen LogP contribution >= 0.6 is 0 Å². The molecule has 0 saturated heterocycles. The van der Waals surface area contributed by atoms with Gasteiger partial charge in [-0.15, -0.1) is 0 Å². The van der Waals surface area contributed by atoms with Gasteiger partial charge in [-0.25, -0.2) is 0 Å². The van der Waals surface area contributed by atoms with Crippen molar-refractivity contribution in [2.45, 2.75) is 52.6 Å². The summed E-state index contributed by atoms with van der Waals surface area (Å²) in [4.78, 5) is 0. The lowest BCUT2D eigenvalue weighted by molar-refractivity contribution is 0.489. The molecule has 1 unspecified atom stereocenters. The van der Waals surface area contributed by atoms with E-state index in [2.05, 4.69) is 42.1 Å². The molecule has 0 bridgehead atoms. The molecule has 0 amide bonds. The highest BCUT2D eigenvalue weighted by Gasteiger charge is 2.08. The molecule has 3 nitrogen and oxygen atoms in total. The van der Waals surface area contributed by atoms with Crippen molar-refractivity contribution in [3.05, 3.63) is 18.0 Å². The summed E-state index contributed by atoms with van der Waals surface area (Å²) in [5.74, 6) is 0.788. The highest BCUT2D eigenvalue weighted by molar-refractivity contribution is 5.09. The summed E-state index contributed by atoms with van der Waals surface area (Å²) >= 11 is 0. The van der Waals surface area contributed by atoms with Crippen LogP contribution in [0.25, 0.3) is 0 Å². The molecule has 1 N–H and O–H groups in total. The van der Waals surface area contributed by atoms with E-state index in [1.165, 1.54) is 18.4 Å². The van der Waals surface area contributed by atoms with Gasteiger partial charge in [-0.05, 0) is 32.2 Å². The molecule has 0 aliphatic rings. The Morgan fingerprint density at radius 2 is 2.19 bits per heavy atom. The van der Waals surface area contributed by atoms with Gasteiger partial charge in [0.05, 0.1) is 6.20 Å². The van der Waals surface area contributed by atoms with E-state index >= 15 is 0 Å². The lowest BCUT2D eigenvalue weighted by atomic mass is 10.1. The summed E-state index contributed by atoms with van der Waals surface area (Å²) in [6, 6.07) is 0.443. The van der Waals surface area contributed by atoms with Crippen LogP contribution in [0.3, 0.4) is 0 Å². The Hall–Kier alpha value is -0.830. The van der Waals surface area contributed by atoms with Crippen molar-refractivity contribution >= 4 is 0 Å². The predicted octanol–water partition coefficient (Wildman–Crippen LogP) is 2.99. The second-order valence-corrected chi connectivity index (χ2v) is 4.82. The van der Waals surface area contributed by atoms with Crippen LogP contribution in [0.1, 0.15) is 51.6 Å². The average molecular weight is 223 g/mol. The maximum atomic E-state index is 4.41. The van der Waals surface area contributed by atoms with Gasteiger partial charge in [0.2, 0.25) is 0 Å². The Morgan fingerprint density at radius 1 is 1.44 bits per heavy atom. The Balaban J connectivity index is 2.44. The molecule has 0 spiro atoms. The molecule has 1 aromatic heterocycles. The summed E-state index contributed by atoms with van der Waals surface area (Å²) in [6.07, 6.45) is 7.76. The molecule has 1 rings (SSSR count). The molecule has 1 aromatic rings. The lowest BCUT2D eigenvalue weighted by Crippen LogP contribution is -2.14. The van der Waals surface area contributed by atoms with Gasteiger partial charge < -0.3 is 5.32 Å². The van der Waals surface area contributed by atoms with Crippen LogP contribution < -0.4 is 5.32 Å². The standard InChI is InChI=1S/C13H25N3/c1-5-13(14-4)12-9-15-16(10-12)8-6-7-11(2)3/h9-11,13-14H,5-8H2,1-4H3. The molecular formula is C13H25N3. The summed E-state index contributed by atoms with van der Waals surface area (Å²) < 4.78 is 2.07. The number of hydrogen-bond donors (Lipinski definition) is 1. The van der Waals surface area contributed by atoms with Crippen molar-refractivity contribution in [3.8, 4) is 0 Å². The molecule has 0 saturated carbocycles. The minimum absolute atomic E-state index is 0.443. The largest absolute Gasteiger partial charge is 0.313 e. The zero-order valence-electron chi connectivity index (χ0n) is 11.0. The Labute approximate surface area is 99.2 Å². The van der Waals surface area contributed by atoms with Crippen LogP contribution in [0.4, 0.5) is 0 Å². The number of nitrogens with zero attached hydrogens (tertiary/aromatic N) is 2. The van der Waals surface area contributed by atoms with Crippen molar-refractivity contribution in [1.29, 1.82) is 0 Å². The molecule has 0 aliphatic carbocycles. The van der Waals surface area contributed by atoms with Crippen molar-refractivity contribution < 1.29 is 0 Å². The molecular weight excluding hydrogens is 198 g/mol. The van der Waals surface area contributed by atoms with Crippen LogP contribution in [0.2, 0.25) is 0 Å². The minimum Gasteiger partial charge on any atom is -0.313 e. The van der Waals surface area contributed by atoms with E-state index in [1.54, 1.807) is 0 Å². The van der Waals surface area contributed by atoms with Gasteiger partial charge in [-0.3, -0.25) is 4.68 Å². The van der Waals surface area contributed by atoms with Crippen LogP contribution in [0.15, 0.2) is 12.4 Å². The van der Waals surface area contributed by atoms with Gasteiger partial charge in [-0.2, -0.15) is 5.10 Å². The normalized spacial score (nSPS) is 13.3. The van der Waals surface area contributed by atoms with Crippen molar-refractivity contribution in [1.82, 2.24) is 15.1 Å². The van der Waals surface area contributed by atoms with E-state index in [-0.39, 0.29) is 0 Å². The number of aromatic nitrogens is 2. The van der Waals surface area contributed by atoms with Crippen LogP contribution in [-0.2, 0) is 6.54 Å². The fourth-order valence-corrected chi connectivity index (χ4v) is 1.95. The van der Waals surface area contributed by atoms with Crippen LogP contribution in [0.5, 0.6) is 0 Å². The quantitative estimate of drug-likeness (QED) is 0.770. The highest BCUT2D eigenvalue weighted by atomic mass is 15.3.